The van der Waals surface area contributed by atoms with Crippen molar-refractivity contribution < 1.29 is 5.11 Å². The Morgan fingerprint density at radius 1 is 1.15 bits per heavy atom. The van der Waals surface area contributed by atoms with E-state index in [0.29, 0.717) is 23.9 Å². The molecule has 0 unspecified atom stereocenters. The van der Waals surface area contributed by atoms with Gasteiger partial charge in [0.25, 0.3) is 5.56 Å². The van der Waals surface area contributed by atoms with Crippen LogP contribution in [0.25, 0.3) is 16.5 Å². The Bertz CT molecular complexity index is 1100. The lowest BCUT2D eigenvalue weighted by Crippen LogP contribution is -2.37. The van der Waals surface area contributed by atoms with Crippen molar-refractivity contribution in [3.8, 4) is 0 Å². The summed E-state index contributed by atoms with van der Waals surface area (Å²) in [5.41, 5.74) is 2.52. The first-order chi connectivity index (χ1) is 12.5. The highest BCUT2D eigenvalue weighted by Gasteiger charge is 2.28. The van der Waals surface area contributed by atoms with E-state index in [1.807, 2.05) is 36.1 Å². The third-order valence-corrected chi connectivity index (χ3v) is 4.56. The molecule has 0 aliphatic carbocycles. The number of aromatic nitrogens is 2. The number of hydrogen-bond donors (Lipinski definition) is 3. The van der Waals surface area contributed by atoms with Gasteiger partial charge in [0.1, 0.15) is 17.4 Å². The van der Waals surface area contributed by atoms with Crippen LogP contribution in [0.15, 0.2) is 59.1 Å². The van der Waals surface area contributed by atoms with Crippen LogP contribution >= 0.6 is 0 Å². The molecule has 2 heterocycles. The van der Waals surface area contributed by atoms with E-state index in [2.05, 4.69) is 9.97 Å². The van der Waals surface area contributed by atoms with E-state index in [4.69, 9.17) is 5.41 Å². The molecule has 130 valence electrons. The minimum atomic E-state index is -0.286. The summed E-state index contributed by atoms with van der Waals surface area (Å²) in [7, 11) is 0. The average molecular weight is 346 g/mol. The number of benzene rings is 2. The van der Waals surface area contributed by atoms with Crippen molar-refractivity contribution in [1.82, 2.24) is 9.97 Å². The van der Waals surface area contributed by atoms with Gasteiger partial charge >= 0.3 is 0 Å². The molecular weight excluding hydrogens is 328 g/mol. The molecule has 0 radical (unpaired) electrons. The monoisotopic (exact) mass is 346 g/mol. The summed E-state index contributed by atoms with van der Waals surface area (Å²) in [4.78, 5) is 21.3. The van der Waals surface area contributed by atoms with Gasteiger partial charge in [-0.2, -0.15) is 0 Å². The van der Waals surface area contributed by atoms with Gasteiger partial charge in [-0.3, -0.25) is 10.2 Å². The molecule has 6 nitrogen and oxygen atoms in total. The number of nitrogens with one attached hydrogen (secondary N) is 2. The SMILES string of the molecule is Cc1ccc(N2CCC(O)=C(c3nc4ccccc4c(=O)[nH]3)C2=N)cc1. The third-order valence-electron chi connectivity index (χ3n) is 4.56. The Balaban J connectivity index is 1.81. The molecule has 0 fully saturated rings. The van der Waals surface area contributed by atoms with E-state index in [1.165, 1.54) is 0 Å². The predicted molar refractivity (Wildman–Crippen MR) is 103 cm³/mol. The Labute approximate surface area is 150 Å². The molecule has 0 spiro atoms. The Kier molecular flexibility index (Phi) is 3.80. The second kappa shape index (κ2) is 6.15. The minimum Gasteiger partial charge on any atom is -0.511 e. The van der Waals surface area contributed by atoms with Crippen molar-refractivity contribution in [3.05, 3.63) is 76.0 Å². The number of fused-ring (bicyclic) bond motifs is 1. The molecule has 1 aliphatic heterocycles. The molecule has 0 saturated carbocycles. The molecule has 1 aromatic heterocycles. The van der Waals surface area contributed by atoms with Crippen molar-refractivity contribution in [3.63, 3.8) is 0 Å². The fourth-order valence-corrected chi connectivity index (χ4v) is 3.16. The van der Waals surface area contributed by atoms with Crippen molar-refractivity contribution >= 4 is 28.0 Å². The summed E-state index contributed by atoms with van der Waals surface area (Å²) >= 11 is 0. The van der Waals surface area contributed by atoms with Gasteiger partial charge in [-0.15, -0.1) is 0 Å². The number of aromatic amines is 1. The normalized spacial score (nSPS) is 15.0. The summed E-state index contributed by atoms with van der Waals surface area (Å²) in [5, 5.41) is 19.5. The molecule has 2 aromatic carbocycles. The fraction of sp³-hybridized carbons (Fsp3) is 0.150. The van der Waals surface area contributed by atoms with Crippen LogP contribution in [0.4, 0.5) is 5.69 Å². The van der Waals surface area contributed by atoms with Gasteiger partial charge < -0.3 is 15.0 Å². The zero-order chi connectivity index (χ0) is 18.3. The molecule has 4 rings (SSSR count). The maximum Gasteiger partial charge on any atom is 0.259 e. The van der Waals surface area contributed by atoms with Crippen LogP contribution in [-0.2, 0) is 0 Å². The quantitative estimate of drug-likeness (QED) is 0.663. The highest BCUT2D eigenvalue weighted by Crippen LogP contribution is 2.29. The van der Waals surface area contributed by atoms with E-state index >= 15 is 0 Å². The number of aliphatic hydroxyl groups excluding tert-OH is 1. The first-order valence-corrected chi connectivity index (χ1v) is 8.39. The van der Waals surface area contributed by atoms with Crippen LogP contribution < -0.4 is 10.5 Å². The maximum atomic E-state index is 12.4. The number of H-pyrrole nitrogens is 1. The summed E-state index contributed by atoms with van der Waals surface area (Å²) in [6.45, 7) is 2.50. The number of hydrogen-bond acceptors (Lipinski definition) is 4. The Hall–Kier alpha value is -3.41. The molecular formula is C20H18N4O2. The first-order valence-electron chi connectivity index (χ1n) is 8.39. The Morgan fingerprint density at radius 2 is 1.88 bits per heavy atom. The van der Waals surface area contributed by atoms with Gasteiger partial charge in [0.05, 0.1) is 16.5 Å². The zero-order valence-corrected chi connectivity index (χ0v) is 14.3. The highest BCUT2D eigenvalue weighted by molar-refractivity contribution is 6.28. The third kappa shape index (κ3) is 2.65. The fourth-order valence-electron chi connectivity index (χ4n) is 3.16. The minimum absolute atomic E-state index is 0.0665. The number of para-hydroxylation sites is 1. The van der Waals surface area contributed by atoms with Crippen molar-refractivity contribution in [2.24, 2.45) is 0 Å². The van der Waals surface area contributed by atoms with E-state index in [9.17, 15) is 9.90 Å². The van der Waals surface area contributed by atoms with Crippen LogP contribution in [0.5, 0.6) is 0 Å². The van der Waals surface area contributed by atoms with Gasteiger partial charge in [0.15, 0.2) is 0 Å². The molecule has 0 atom stereocenters. The summed E-state index contributed by atoms with van der Waals surface area (Å²) < 4.78 is 0. The molecule has 0 saturated heterocycles. The first kappa shape index (κ1) is 16.1. The van der Waals surface area contributed by atoms with E-state index in [1.54, 1.807) is 24.3 Å². The van der Waals surface area contributed by atoms with Crippen LogP contribution in [0, 0.1) is 12.3 Å². The van der Waals surface area contributed by atoms with Crippen molar-refractivity contribution in [2.75, 3.05) is 11.4 Å². The number of rotatable bonds is 2. The molecule has 0 bridgehead atoms. The smallest absolute Gasteiger partial charge is 0.259 e. The second-order valence-corrected chi connectivity index (χ2v) is 6.34. The molecule has 3 N–H and O–H groups in total. The van der Waals surface area contributed by atoms with Gasteiger partial charge in [-0.25, -0.2) is 4.98 Å². The number of aliphatic hydroxyl groups is 1. The van der Waals surface area contributed by atoms with Gasteiger partial charge in [-0.05, 0) is 31.2 Å². The van der Waals surface area contributed by atoms with Gasteiger partial charge in [-0.1, -0.05) is 29.8 Å². The zero-order valence-electron chi connectivity index (χ0n) is 14.3. The number of aryl methyl sites for hydroxylation is 1. The highest BCUT2D eigenvalue weighted by atomic mass is 16.3. The van der Waals surface area contributed by atoms with Crippen LogP contribution in [-0.4, -0.2) is 27.5 Å². The van der Waals surface area contributed by atoms with Gasteiger partial charge in [0, 0.05) is 18.7 Å². The van der Waals surface area contributed by atoms with Gasteiger partial charge in [0.2, 0.25) is 0 Å². The predicted octanol–water partition coefficient (Wildman–Crippen LogP) is 3.39. The van der Waals surface area contributed by atoms with Crippen molar-refractivity contribution in [1.29, 1.82) is 5.41 Å². The lowest BCUT2D eigenvalue weighted by atomic mass is 10.0. The molecule has 3 aromatic rings. The lowest BCUT2D eigenvalue weighted by Gasteiger charge is -2.30. The average Bonchev–Trinajstić information content (AvgIpc) is 2.63. The lowest BCUT2D eigenvalue weighted by molar-refractivity contribution is 0.391. The maximum absolute atomic E-state index is 12.4. The van der Waals surface area contributed by atoms with Crippen LogP contribution in [0.2, 0.25) is 0 Å². The van der Waals surface area contributed by atoms with E-state index < -0.39 is 0 Å². The number of anilines is 1. The molecule has 26 heavy (non-hydrogen) atoms. The summed E-state index contributed by atoms with van der Waals surface area (Å²) in [6.07, 6.45) is 0.377. The number of nitrogens with zero attached hydrogens (tertiary/aromatic N) is 2. The van der Waals surface area contributed by atoms with E-state index in [-0.39, 0.29) is 28.6 Å². The largest absolute Gasteiger partial charge is 0.511 e. The number of amidine groups is 1. The molecule has 0 amide bonds. The van der Waals surface area contributed by atoms with Crippen LogP contribution in [0.3, 0.4) is 0 Å². The second-order valence-electron chi connectivity index (χ2n) is 6.34. The summed E-state index contributed by atoms with van der Waals surface area (Å²) in [5.74, 6) is 0.404. The van der Waals surface area contributed by atoms with Crippen molar-refractivity contribution in [2.45, 2.75) is 13.3 Å². The standard InChI is InChI=1S/C20H18N4O2/c1-12-6-8-13(9-7-12)24-11-10-16(25)17(18(24)21)19-22-15-5-3-2-4-14(15)20(26)23-19/h2-9,21,25H,10-11H2,1H3,(H,22,23,26). The topological polar surface area (TPSA) is 93.1 Å². The molecule has 1 aliphatic rings. The van der Waals surface area contributed by atoms with Crippen LogP contribution in [0.1, 0.15) is 17.8 Å². The van der Waals surface area contributed by atoms with E-state index in [0.717, 1.165) is 11.3 Å². The Morgan fingerprint density at radius 3 is 2.65 bits per heavy atom. The summed E-state index contributed by atoms with van der Waals surface area (Å²) in [6, 6.07) is 14.9. The molecule has 6 heteroatoms.